The summed E-state index contributed by atoms with van der Waals surface area (Å²) in [6.45, 7) is 22.2. The van der Waals surface area contributed by atoms with Crippen LogP contribution in [0.5, 0.6) is 0 Å². The number of benzene rings is 9. The standard InChI is InChI=1S/C68H46N4/c1-67(2,3)34-25-46-44-29-45-47-26-35(68(4,5)6)28-49-61-54(30-50(70-7)62-57-38-18-10-14-22-42(38)59(64(61)62)43-23-15-11-19-39(43)57)72(66(47)49)52(45)31-51(44)71-53-24-33(32-69)55-56-36-16-8-12-20-40(36)58(41-21-13-9-17-37(41)56)63(55)60(53)48(27-34)65(46)71/h8-31,56-59H,1-6H3/i24D,29D,30D,31D. The minimum absolute atomic E-state index is 0.127. The Labute approximate surface area is 422 Å². The molecule has 4 nitrogen and oxygen atoms in total. The molecule has 338 valence electrons. The van der Waals surface area contributed by atoms with E-state index in [1.807, 2.05) is 0 Å². The first-order valence-corrected chi connectivity index (χ1v) is 25.3. The van der Waals surface area contributed by atoms with E-state index in [-0.39, 0.29) is 58.7 Å². The summed E-state index contributed by atoms with van der Waals surface area (Å²) in [6.07, 6.45) is 0. The molecular formula is C68H46N4. The van der Waals surface area contributed by atoms with Gasteiger partial charge in [0, 0.05) is 72.3 Å². The van der Waals surface area contributed by atoms with Crippen molar-refractivity contribution in [2.24, 2.45) is 0 Å². The van der Waals surface area contributed by atoms with Gasteiger partial charge >= 0.3 is 0 Å². The van der Waals surface area contributed by atoms with Gasteiger partial charge in [-0.15, -0.1) is 0 Å². The maximum atomic E-state index is 11.4. The Kier molecular flexibility index (Phi) is 6.20. The minimum Gasteiger partial charge on any atom is -0.309 e. The van der Waals surface area contributed by atoms with Crippen LogP contribution in [0.3, 0.4) is 0 Å². The van der Waals surface area contributed by atoms with E-state index < -0.39 is 0 Å². The largest absolute Gasteiger partial charge is 0.309 e. The average Bonchev–Trinajstić information content (AvgIpc) is 4.30. The zero-order chi connectivity index (χ0) is 51.7. The van der Waals surface area contributed by atoms with Crippen LogP contribution in [0.15, 0.2) is 145 Å². The van der Waals surface area contributed by atoms with Gasteiger partial charge in [0.1, 0.15) is 0 Å². The molecule has 0 radical (unpaired) electrons. The van der Waals surface area contributed by atoms with E-state index in [9.17, 15) is 10.7 Å². The molecule has 19 rings (SSSR count). The minimum atomic E-state index is -0.311. The van der Waals surface area contributed by atoms with Crippen molar-refractivity contribution >= 4 is 81.9 Å². The molecule has 0 N–H and O–H groups in total. The molecule has 0 fully saturated rings. The van der Waals surface area contributed by atoms with Crippen LogP contribution >= 0.6 is 0 Å². The zero-order valence-electron chi connectivity index (χ0n) is 44.6. The smallest absolute Gasteiger partial charge is 0.193 e. The lowest BCUT2D eigenvalue weighted by Crippen LogP contribution is -2.28. The maximum absolute atomic E-state index is 11.4. The first kappa shape index (κ1) is 35.6. The topological polar surface area (TPSA) is 37.0 Å². The summed E-state index contributed by atoms with van der Waals surface area (Å²) in [4.78, 5) is 4.30. The quantitative estimate of drug-likeness (QED) is 0.140. The van der Waals surface area contributed by atoms with Gasteiger partial charge in [-0.2, -0.15) is 5.26 Å². The molecule has 6 aliphatic carbocycles. The van der Waals surface area contributed by atoms with Crippen molar-refractivity contribution in [3.63, 3.8) is 0 Å². The van der Waals surface area contributed by atoms with Crippen LogP contribution in [-0.4, -0.2) is 8.80 Å². The molecule has 4 heterocycles. The Bertz CT molecular complexity index is 4650. The average molecular weight is 923 g/mol. The van der Waals surface area contributed by atoms with Crippen molar-refractivity contribution in [2.75, 3.05) is 0 Å². The summed E-state index contributed by atoms with van der Waals surface area (Å²) in [5.41, 5.74) is 19.6. The van der Waals surface area contributed by atoms with Crippen molar-refractivity contribution < 1.29 is 5.48 Å². The first-order chi connectivity index (χ1) is 36.6. The third-order valence-corrected chi connectivity index (χ3v) is 17.8. The molecule has 0 spiro atoms. The van der Waals surface area contributed by atoms with E-state index in [2.05, 4.69) is 183 Å². The number of fused-ring (bicyclic) bond motifs is 12. The normalized spacial score (nSPS) is 19.2. The lowest BCUT2D eigenvalue weighted by atomic mass is 9.59. The summed E-state index contributed by atoms with van der Waals surface area (Å²) in [5.74, 6) is -0.829. The highest BCUT2D eigenvalue weighted by molar-refractivity contribution is 6.30. The predicted octanol–water partition coefficient (Wildman–Crippen LogP) is 17.0. The first-order valence-electron chi connectivity index (χ1n) is 27.3. The van der Waals surface area contributed by atoms with Crippen molar-refractivity contribution in [2.45, 2.75) is 76.0 Å². The second-order valence-corrected chi connectivity index (χ2v) is 23.3. The molecule has 4 heteroatoms. The summed E-state index contributed by atoms with van der Waals surface area (Å²) in [7, 11) is 0. The highest BCUT2D eigenvalue weighted by Crippen LogP contribution is 2.63. The fourth-order valence-corrected chi connectivity index (χ4v) is 14.8. The lowest BCUT2D eigenvalue weighted by molar-refractivity contribution is 0.591. The third kappa shape index (κ3) is 4.36. The molecule has 4 bridgehead atoms. The number of hydrogen-bond acceptors (Lipinski definition) is 1. The van der Waals surface area contributed by atoms with Gasteiger partial charge < -0.3 is 8.80 Å². The number of nitrogens with zero attached hydrogens (tertiary/aromatic N) is 4. The Morgan fingerprint density at radius 2 is 0.819 bits per heavy atom. The SMILES string of the molecule is [2H]c1c2c3cc(C(C)(C)C)cc4c5c6c(c(C#N)c([2H])c5n(c2c([2H])c2c1c1cc(C(C)(C)C)cc5c7c8c(c([N+]#[C-])c([2H])c7n2c51)C1c2ccccc2C8c2ccccc21)c43)C1c2ccccc2C6c2ccccc21. The highest BCUT2D eigenvalue weighted by Gasteiger charge is 2.46. The fourth-order valence-electron chi connectivity index (χ4n) is 14.8. The van der Waals surface area contributed by atoms with E-state index >= 15 is 0 Å². The van der Waals surface area contributed by atoms with E-state index in [0.29, 0.717) is 44.1 Å². The number of nitriles is 1. The number of hydrogen-bond donors (Lipinski definition) is 0. The molecule has 13 aromatic rings. The molecule has 0 amide bonds. The maximum Gasteiger partial charge on any atom is 0.193 e. The van der Waals surface area contributed by atoms with Gasteiger partial charge in [-0.05, 0) is 137 Å². The van der Waals surface area contributed by atoms with Gasteiger partial charge in [0.2, 0.25) is 0 Å². The van der Waals surface area contributed by atoms with Crippen LogP contribution in [0.25, 0.3) is 81.0 Å². The predicted molar refractivity (Wildman–Crippen MR) is 294 cm³/mol. The van der Waals surface area contributed by atoms with Gasteiger partial charge in [-0.25, -0.2) is 4.85 Å². The molecule has 0 atom stereocenters. The zero-order valence-corrected chi connectivity index (χ0v) is 40.6. The van der Waals surface area contributed by atoms with Crippen LogP contribution < -0.4 is 0 Å². The van der Waals surface area contributed by atoms with Gasteiger partial charge in [0.05, 0.1) is 51.3 Å². The summed E-state index contributed by atoms with van der Waals surface area (Å²) in [6, 6.07) is 46.8. The summed E-state index contributed by atoms with van der Waals surface area (Å²) >= 11 is 0. The van der Waals surface area contributed by atoms with E-state index in [4.69, 9.17) is 6.57 Å². The molecule has 0 aliphatic heterocycles. The van der Waals surface area contributed by atoms with Gasteiger partial charge in [0.25, 0.3) is 0 Å². The van der Waals surface area contributed by atoms with Crippen LogP contribution in [0, 0.1) is 17.9 Å². The molecule has 72 heavy (non-hydrogen) atoms. The van der Waals surface area contributed by atoms with Gasteiger partial charge in [0.15, 0.2) is 5.69 Å². The van der Waals surface area contributed by atoms with Gasteiger partial charge in [-0.1, -0.05) is 139 Å². The van der Waals surface area contributed by atoms with Crippen LogP contribution in [0.1, 0.15) is 154 Å². The summed E-state index contributed by atoms with van der Waals surface area (Å²) < 4.78 is 46.6. The molecule has 6 aliphatic rings. The third-order valence-electron chi connectivity index (χ3n) is 17.8. The monoisotopic (exact) mass is 922 g/mol. The Hall–Kier alpha value is -8.44. The van der Waals surface area contributed by atoms with Crippen molar-refractivity contribution in [3.8, 4) is 6.07 Å². The fraction of sp³-hybridized carbons (Fsp3) is 0.176. The molecule has 0 unspecified atom stereocenters. The van der Waals surface area contributed by atoms with E-state index in [1.54, 1.807) is 0 Å². The summed E-state index contributed by atoms with van der Waals surface area (Å²) in [5, 5.41) is 18.2. The van der Waals surface area contributed by atoms with Crippen molar-refractivity contribution in [1.29, 1.82) is 5.26 Å². The van der Waals surface area contributed by atoms with E-state index in [0.717, 1.165) is 76.7 Å². The lowest BCUT2D eigenvalue weighted by Gasteiger charge is -2.43. The Balaban J connectivity index is 1.10. The van der Waals surface area contributed by atoms with Gasteiger partial charge in [-0.3, -0.25) is 0 Å². The van der Waals surface area contributed by atoms with Crippen molar-refractivity contribution in [3.05, 3.63) is 240 Å². The van der Waals surface area contributed by atoms with Crippen LogP contribution in [0.2, 0.25) is 0 Å². The number of aromatic nitrogens is 2. The Morgan fingerprint density at radius 1 is 0.458 bits per heavy atom. The van der Waals surface area contributed by atoms with Crippen LogP contribution in [-0.2, 0) is 10.8 Å². The van der Waals surface area contributed by atoms with E-state index in [1.165, 1.54) is 44.5 Å². The van der Waals surface area contributed by atoms with Crippen molar-refractivity contribution in [1.82, 2.24) is 8.80 Å². The molecular weight excluding hydrogens is 873 g/mol. The molecule has 4 aromatic heterocycles. The second kappa shape index (κ2) is 12.5. The highest BCUT2D eigenvalue weighted by atomic mass is 14.9. The molecule has 0 saturated carbocycles. The van der Waals surface area contributed by atoms with Crippen LogP contribution in [0.4, 0.5) is 5.69 Å². The number of rotatable bonds is 0. The molecule has 9 aromatic carbocycles. The Morgan fingerprint density at radius 3 is 1.21 bits per heavy atom. The molecule has 0 saturated heterocycles. The second-order valence-electron chi connectivity index (χ2n) is 23.3.